The van der Waals surface area contributed by atoms with Gasteiger partial charge in [-0.2, -0.15) is 0 Å². The molecular weight excluding hydrogens is 570 g/mol. The second kappa shape index (κ2) is 14.2. The lowest BCUT2D eigenvalue weighted by atomic mass is 10.1. The number of furan rings is 1. The standard InChI is InChI=1S/C36H31N3O4S/c1-24-12-9-20-31(25(24)2)38-36(42)33(26-13-5-3-6-14-26)44-30-19-10-17-28(22-30)37-35(41)32(23-29-18-11-21-43-29)39-34(40)27-15-7-4-8-16-27/h3-23,33H,1-2H3,(H,37,41)(H,38,42)(H,39,40)/b32-23-. The zero-order valence-electron chi connectivity index (χ0n) is 24.2. The van der Waals surface area contributed by atoms with Crippen LogP contribution in [0.1, 0.15) is 38.1 Å². The second-order valence-electron chi connectivity index (χ2n) is 10.0. The number of amides is 3. The van der Waals surface area contributed by atoms with Crippen LogP contribution in [0.4, 0.5) is 11.4 Å². The normalized spacial score (nSPS) is 11.8. The van der Waals surface area contributed by atoms with E-state index in [0.29, 0.717) is 17.0 Å². The summed E-state index contributed by atoms with van der Waals surface area (Å²) in [6.07, 6.45) is 2.96. The van der Waals surface area contributed by atoms with Crippen molar-refractivity contribution in [2.75, 3.05) is 10.6 Å². The fourth-order valence-corrected chi connectivity index (χ4v) is 5.51. The monoisotopic (exact) mass is 601 g/mol. The first-order valence-electron chi connectivity index (χ1n) is 14.0. The number of nitrogens with one attached hydrogen (secondary N) is 3. The van der Waals surface area contributed by atoms with E-state index in [0.717, 1.165) is 27.3 Å². The van der Waals surface area contributed by atoms with Crippen LogP contribution in [0.5, 0.6) is 0 Å². The number of hydrogen-bond acceptors (Lipinski definition) is 5. The maximum absolute atomic E-state index is 13.6. The Bertz CT molecular complexity index is 1790. The van der Waals surface area contributed by atoms with E-state index in [4.69, 9.17) is 4.42 Å². The smallest absolute Gasteiger partial charge is 0.272 e. The second-order valence-corrected chi connectivity index (χ2v) is 11.2. The van der Waals surface area contributed by atoms with Crippen LogP contribution in [0.3, 0.4) is 0 Å². The highest BCUT2D eigenvalue weighted by molar-refractivity contribution is 8.00. The lowest BCUT2D eigenvalue weighted by molar-refractivity contribution is -0.116. The molecule has 0 spiro atoms. The Morgan fingerprint density at radius 2 is 1.50 bits per heavy atom. The molecule has 1 atom stereocenters. The number of hydrogen-bond donors (Lipinski definition) is 3. The minimum Gasteiger partial charge on any atom is -0.465 e. The highest BCUT2D eigenvalue weighted by atomic mass is 32.2. The summed E-state index contributed by atoms with van der Waals surface area (Å²) < 4.78 is 5.39. The summed E-state index contributed by atoms with van der Waals surface area (Å²) in [4.78, 5) is 40.7. The molecule has 3 amide bonds. The number of aryl methyl sites for hydroxylation is 1. The molecule has 0 fully saturated rings. The molecule has 5 aromatic rings. The molecule has 220 valence electrons. The molecule has 8 heteroatoms. The van der Waals surface area contributed by atoms with Crippen LogP contribution >= 0.6 is 11.8 Å². The lowest BCUT2D eigenvalue weighted by Crippen LogP contribution is -2.30. The number of carbonyl (C=O) groups is 3. The molecule has 7 nitrogen and oxygen atoms in total. The molecule has 0 aliphatic rings. The average molecular weight is 602 g/mol. The molecule has 3 N–H and O–H groups in total. The van der Waals surface area contributed by atoms with Crippen molar-refractivity contribution in [1.82, 2.24) is 5.32 Å². The van der Waals surface area contributed by atoms with E-state index in [9.17, 15) is 14.4 Å². The number of anilines is 2. The van der Waals surface area contributed by atoms with E-state index in [1.54, 1.807) is 54.6 Å². The summed E-state index contributed by atoms with van der Waals surface area (Å²) in [5.41, 5.74) is 4.65. The first-order chi connectivity index (χ1) is 21.4. The first-order valence-corrected chi connectivity index (χ1v) is 14.9. The third-order valence-electron chi connectivity index (χ3n) is 6.91. The Hall–Kier alpha value is -5.34. The van der Waals surface area contributed by atoms with Crippen LogP contribution in [-0.2, 0) is 9.59 Å². The molecule has 5 rings (SSSR count). The highest BCUT2D eigenvalue weighted by Gasteiger charge is 2.23. The molecule has 4 aromatic carbocycles. The molecule has 1 unspecified atom stereocenters. The Kier molecular flexibility index (Phi) is 9.74. The topological polar surface area (TPSA) is 100 Å². The summed E-state index contributed by atoms with van der Waals surface area (Å²) in [5.74, 6) is -0.700. The van der Waals surface area contributed by atoms with Crippen molar-refractivity contribution in [3.05, 3.63) is 155 Å². The van der Waals surface area contributed by atoms with Gasteiger partial charge in [0.25, 0.3) is 11.8 Å². The Balaban J connectivity index is 1.36. The third-order valence-corrected chi connectivity index (χ3v) is 8.16. The largest absolute Gasteiger partial charge is 0.465 e. The lowest BCUT2D eigenvalue weighted by Gasteiger charge is -2.19. The molecule has 0 aliphatic carbocycles. The van der Waals surface area contributed by atoms with E-state index >= 15 is 0 Å². The van der Waals surface area contributed by atoms with Gasteiger partial charge in [0.2, 0.25) is 5.91 Å². The van der Waals surface area contributed by atoms with Gasteiger partial charge in [-0.25, -0.2) is 0 Å². The maximum atomic E-state index is 13.6. The fourth-order valence-electron chi connectivity index (χ4n) is 4.43. The molecule has 0 saturated carbocycles. The molecule has 0 radical (unpaired) electrons. The van der Waals surface area contributed by atoms with E-state index in [1.807, 2.05) is 74.5 Å². The molecule has 0 saturated heterocycles. The van der Waals surface area contributed by atoms with Crippen LogP contribution in [0.25, 0.3) is 6.08 Å². The zero-order valence-corrected chi connectivity index (χ0v) is 25.1. The Morgan fingerprint density at radius 3 is 2.23 bits per heavy atom. The van der Waals surface area contributed by atoms with Crippen molar-refractivity contribution >= 4 is 46.9 Å². The van der Waals surface area contributed by atoms with Gasteiger partial charge in [-0.1, -0.05) is 66.7 Å². The van der Waals surface area contributed by atoms with Gasteiger partial charge in [0.05, 0.1) is 6.26 Å². The van der Waals surface area contributed by atoms with Crippen molar-refractivity contribution in [1.29, 1.82) is 0 Å². The van der Waals surface area contributed by atoms with Crippen molar-refractivity contribution in [2.24, 2.45) is 0 Å². The van der Waals surface area contributed by atoms with Gasteiger partial charge in [0.1, 0.15) is 16.7 Å². The van der Waals surface area contributed by atoms with Gasteiger partial charge in [-0.3, -0.25) is 14.4 Å². The summed E-state index contributed by atoms with van der Waals surface area (Å²) in [6.45, 7) is 4.00. The van der Waals surface area contributed by atoms with Crippen molar-refractivity contribution in [3.63, 3.8) is 0 Å². The highest BCUT2D eigenvalue weighted by Crippen LogP contribution is 2.37. The number of thioether (sulfide) groups is 1. The Labute approximate surface area is 260 Å². The summed E-state index contributed by atoms with van der Waals surface area (Å²) in [5, 5.41) is 8.11. The predicted molar refractivity (Wildman–Crippen MR) is 175 cm³/mol. The van der Waals surface area contributed by atoms with Crippen LogP contribution < -0.4 is 16.0 Å². The number of rotatable bonds is 10. The fraction of sp³-hybridized carbons (Fsp3) is 0.0833. The van der Waals surface area contributed by atoms with Crippen molar-refractivity contribution < 1.29 is 18.8 Å². The first kappa shape index (κ1) is 30.1. The van der Waals surface area contributed by atoms with Crippen LogP contribution in [0, 0.1) is 13.8 Å². The molecule has 1 aromatic heterocycles. The van der Waals surface area contributed by atoms with Gasteiger partial charge in [0.15, 0.2) is 0 Å². The minimum atomic E-state index is -0.554. The van der Waals surface area contributed by atoms with E-state index in [-0.39, 0.29) is 11.6 Å². The zero-order chi connectivity index (χ0) is 30.9. The van der Waals surface area contributed by atoms with Crippen molar-refractivity contribution in [3.8, 4) is 0 Å². The van der Waals surface area contributed by atoms with Gasteiger partial charge in [-0.15, -0.1) is 11.8 Å². The van der Waals surface area contributed by atoms with Crippen molar-refractivity contribution in [2.45, 2.75) is 24.0 Å². The van der Waals surface area contributed by atoms with Gasteiger partial charge in [-0.05, 0) is 79.1 Å². The quantitative estimate of drug-likeness (QED) is 0.112. The maximum Gasteiger partial charge on any atom is 0.272 e. The van der Waals surface area contributed by atoms with Gasteiger partial charge in [0, 0.05) is 27.9 Å². The van der Waals surface area contributed by atoms with E-state index < -0.39 is 17.1 Å². The molecule has 0 bridgehead atoms. The van der Waals surface area contributed by atoms with Crippen LogP contribution in [0.15, 0.2) is 137 Å². The third kappa shape index (κ3) is 7.73. The van der Waals surface area contributed by atoms with Crippen LogP contribution in [0.2, 0.25) is 0 Å². The average Bonchev–Trinajstić information content (AvgIpc) is 3.56. The number of benzene rings is 4. The number of carbonyl (C=O) groups excluding carboxylic acids is 3. The summed E-state index contributed by atoms with van der Waals surface area (Å²) in [7, 11) is 0. The summed E-state index contributed by atoms with van der Waals surface area (Å²) >= 11 is 1.38. The SMILES string of the molecule is Cc1cccc(NC(=O)C(Sc2cccc(NC(=O)/C(=C/c3ccco3)NC(=O)c3ccccc3)c2)c2ccccc2)c1C. The predicted octanol–water partition coefficient (Wildman–Crippen LogP) is 7.78. The molecular formula is C36H31N3O4S. The molecule has 0 aliphatic heterocycles. The summed E-state index contributed by atoms with van der Waals surface area (Å²) in [6, 6.07) is 34.7. The molecule has 1 heterocycles. The van der Waals surface area contributed by atoms with Crippen LogP contribution in [-0.4, -0.2) is 17.7 Å². The molecule has 44 heavy (non-hydrogen) atoms. The minimum absolute atomic E-state index is 0.0157. The van der Waals surface area contributed by atoms with E-state index in [1.165, 1.54) is 24.1 Å². The van der Waals surface area contributed by atoms with Gasteiger partial charge >= 0.3 is 0 Å². The Morgan fingerprint density at radius 1 is 0.773 bits per heavy atom. The van der Waals surface area contributed by atoms with Gasteiger partial charge < -0.3 is 20.4 Å². The van der Waals surface area contributed by atoms with E-state index in [2.05, 4.69) is 16.0 Å².